The number of rotatable bonds is 2. The lowest BCUT2D eigenvalue weighted by Gasteiger charge is -2.31. The molecular formula is C12H17N3O. The zero-order valence-corrected chi connectivity index (χ0v) is 9.28. The largest absolute Gasteiger partial charge is 0.323 e. The fourth-order valence-corrected chi connectivity index (χ4v) is 2.10. The molecule has 1 fully saturated rings. The summed E-state index contributed by atoms with van der Waals surface area (Å²) in [4.78, 5) is 16.0. The molecule has 1 aromatic rings. The van der Waals surface area contributed by atoms with Gasteiger partial charge in [-0.05, 0) is 25.0 Å². The Kier molecular flexibility index (Phi) is 3.19. The van der Waals surface area contributed by atoms with E-state index in [1.54, 1.807) is 18.5 Å². The second-order valence-electron chi connectivity index (χ2n) is 4.41. The average molecular weight is 219 g/mol. The molecule has 0 aromatic carbocycles. The SMILES string of the molecule is NC1(C(=O)Nc2cccnc2)CCCCC1. The van der Waals surface area contributed by atoms with E-state index in [4.69, 9.17) is 5.73 Å². The van der Waals surface area contributed by atoms with Gasteiger partial charge in [-0.2, -0.15) is 0 Å². The summed E-state index contributed by atoms with van der Waals surface area (Å²) in [5.74, 6) is -0.0831. The lowest BCUT2D eigenvalue weighted by atomic mass is 9.82. The lowest BCUT2D eigenvalue weighted by molar-refractivity contribution is -0.122. The summed E-state index contributed by atoms with van der Waals surface area (Å²) in [6.45, 7) is 0. The molecule has 0 bridgehead atoms. The Labute approximate surface area is 95.3 Å². The van der Waals surface area contributed by atoms with Crippen molar-refractivity contribution in [2.45, 2.75) is 37.6 Å². The summed E-state index contributed by atoms with van der Waals surface area (Å²) in [6, 6.07) is 3.61. The molecule has 1 aliphatic rings. The van der Waals surface area contributed by atoms with Crippen LogP contribution in [-0.2, 0) is 4.79 Å². The molecule has 0 unspecified atom stereocenters. The van der Waals surface area contributed by atoms with Gasteiger partial charge in [0.2, 0.25) is 5.91 Å². The highest BCUT2D eigenvalue weighted by molar-refractivity contribution is 5.97. The molecule has 0 saturated heterocycles. The molecule has 0 aliphatic heterocycles. The van der Waals surface area contributed by atoms with Crippen LogP contribution in [0.25, 0.3) is 0 Å². The predicted octanol–water partition coefficient (Wildman–Crippen LogP) is 1.68. The number of carbonyl (C=O) groups excluding carboxylic acids is 1. The van der Waals surface area contributed by atoms with Gasteiger partial charge < -0.3 is 11.1 Å². The lowest BCUT2D eigenvalue weighted by Crippen LogP contribution is -2.52. The van der Waals surface area contributed by atoms with Crippen LogP contribution in [0.15, 0.2) is 24.5 Å². The number of carbonyl (C=O) groups is 1. The number of nitrogens with one attached hydrogen (secondary N) is 1. The summed E-state index contributed by atoms with van der Waals surface area (Å²) >= 11 is 0. The molecule has 1 heterocycles. The van der Waals surface area contributed by atoms with E-state index in [2.05, 4.69) is 10.3 Å². The van der Waals surface area contributed by atoms with Crippen LogP contribution in [-0.4, -0.2) is 16.4 Å². The van der Waals surface area contributed by atoms with Gasteiger partial charge in [0.25, 0.3) is 0 Å². The predicted molar refractivity (Wildman–Crippen MR) is 62.9 cm³/mol. The number of pyridine rings is 1. The molecule has 0 atom stereocenters. The van der Waals surface area contributed by atoms with Crippen molar-refractivity contribution in [3.8, 4) is 0 Å². The van der Waals surface area contributed by atoms with Crippen LogP contribution in [0, 0.1) is 0 Å². The quantitative estimate of drug-likeness (QED) is 0.795. The molecule has 1 saturated carbocycles. The fraction of sp³-hybridized carbons (Fsp3) is 0.500. The number of hydrogen-bond donors (Lipinski definition) is 2. The Bertz CT molecular complexity index is 358. The van der Waals surface area contributed by atoms with Crippen LogP contribution in [0.1, 0.15) is 32.1 Å². The third kappa shape index (κ3) is 2.39. The van der Waals surface area contributed by atoms with Crippen molar-refractivity contribution in [2.24, 2.45) is 5.73 Å². The Morgan fingerprint density at radius 3 is 2.75 bits per heavy atom. The van der Waals surface area contributed by atoms with Gasteiger partial charge in [-0.1, -0.05) is 19.3 Å². The van der Waals surface area contributed by atoms with Crippen molar-refractivity contribution in [3.05, 3.63) is 24.5 Å². The van der Waals surface area contributed by atoms with Crippen LogP contribution in [0.3, 0.4) is 0 Å². The molecule has 4 nitrogen and oxygen atoms in total. The van der Waals surface area contributed by atoms with E-state index < -0.39 is 5.54 Å². The molecule has 2 rings (SSSR count). The standard InChI is InChI=1S/C12H17N3O/c13-12(6-2-1-3-7-12)11(16)15-10-5-4-8-14-9-10/h4-5,8-9H,1-3,6-7,13H2,(H,15,16). The summed E-state index contributed by atoms with van der Waals surface area (Å²) < 4.78 is 0. The van der Waals surface area contributed by atoms with E-state index in [-0.39, 0.29) is 5.91 Å². The summed E-state index contributed by atoms with van der Waals surface area (Å²) in [5.41, 5.74) is 6.14. The molecule has 1 aliphatic carbocycles. The van der Waals surface area contributed by atoms with Gasteiger partial charge in [-0.15, -0.1) is 0 Å². The third-order valence-corrected chi connectivity index (χ3v) is 3.12. The maximum Gasteiger partial charge on any atom is 0.244 e. The number of aromatic nitrogens is 1. The van der Waals surface area contributed by atoms with Gasteiger partial charge in [0.15, 0.2) is 0 Å². The van der Waals surface area contributed by atoms with Crippen LogP contribution in [0.2, 0.25) is 0 Å². The first-order chi connectivity index (χ1) is 7.71. The number of amides is 1. The first-order valence-corrected chi connectivity index (χ1v) is 5.71. The van der Waals surface area contributed by atoms with E-state index in [1.807, 2.05) is 6.07 Å². The molecule has 4 heteroatoms. The van der Waals surface area contributed by atoms with Crippen LogP contribution in [0.5, 0.6) is 0 Å². The molecule has 86 valence electrons. The monoisotopic (exact) mass is 219 g/mol. The zero-order chi connectivity index (χ0) is 11.4. The second-order valence-corrected chi connectivity index (χ2v) is 4.41. The molecular weight excluding hydrogens is 202 g/mol. The topological polar surface area (TPSA) is 68.0 Å². The fourth-order valence-electron chi connectivity index (χ4n) is 2.10. The minimum Gasteiger partial charge on any atom is -0.323 e. The second kappa shape index (κ2) is 4.61. The number of hydrogen-bond acceptors (Lipinski definition) is 3. The van der Waals surface area contributed by atoms with E-state index in [1.165, 1.54) is 6.42 Å². The summed E-state index contributed by atoms with van der Waals surface area (Å²) in [5, 5.41) is 2.83. The Balaban J connectivity index is 2.02. The smallest absolute Gasteiger partial charge is 0.244 e. The van der Waals surface area contributed by atoms with Crippen molar-refractivity contribution in [1.29, 1.82) is 0 Å². The molecule has 3 N–H and O–H groups in total. The van der Waals surface area contributed by atoms with Gasteiger partial charge in [0.1, 0.15) is 0 Å². The van der Waals surface area contributed by atoms with Gasteiger partial charge in [-0.25, -0.2) is 0 Å². The number of anilines is 1. The molecule has 0 spiro atoms. The maximum absolute atomic E-state index is 12.0. The van der Waals surface area contributed by atoms with Crippen LogP contribution < -0.4 is 11.1 Å². The highest BCUT2D eigenvalue weighted by Crippen LogP contribution is 2.26. The molecule has 1 aromatic heterocycles. The van der Waals surface area contributed by atoms with E-state index in [0.717, 1.165) is 25.7 Å². The van der Waals surface area contributed by atoms with Crippen molar-refractivity contribution in [2.75, 3.05) is 5.32 Å². The van der Waals surface area contributed by atoms with Gasteiger partial charge in [-0.3, -0.25) is 9.78 Å². The highest BCUT2D eigenvalue weighted by Gasteiger charge is 2.35. The van der Waals surface area contributed by atoms with Crippen molar-refractivity contribution in [3.63, 3.8) is 0 Å². The summed E-state index contributed by atoms with van der Waals surface area (Å²) in [7, 11) is 0. The van der Waals surface area contributed by atoms with E-state index >= 15 is 0 Å². The molecule has 1 amide bonds. The van der Waals surface area contributed by atoms with E-state index in [0.29, 0.717) is 5.69 Å². The summed E-state index contributed by atoms with van der Waals surface area (Å²) in [6.07, 6.45) is 8.11. The molecule has 0 radical (unpaired) electrons. The van der Waals surface area contributed by atoms with Crippen LogP contribution >= 0.6 is 0 Å². The number of nitrogens with zero attached hydrogens (tertiary/aromatic N) is 1. The van der Waals surface area contributed by atoms with Crippen molar-refractivity contribution >= 4 is 11.6 Å². The zero-order valence-electron chi connectivity index (χ0n) is 9.28. The van der Waals surface area contributed by atoms with Crippen LogP contribution in [0.4, 0.5) is 5.69 Å². The van der Waals surface area contributed by atoms with Gasteiger partial charge in [0.05, 0.1) is 17.4 Å². The van der Waals surface area contributed by atoms with E-state index in [9.17, 15) is 4.79 Å². The first-order valence-electron chi connectivity index (χ1n) is 5.71. The Morgan fingerprint density at radius 2 is 2.12 bits per heavy atom. The highest BCUT2D eigenvalue weighted by atomic mass is 16.2. The minimum absolute atomic E-state index is 0.0831. The van der Waals surface area contributed by atoms with Crippen molar-refractivity contribution in [1.82, 2.24) is 4.98 Å². The third-order valence-electron chi connectivity index (χ3n) is 3.12. The molecule has 16 heavy (non-hydrogen) atoms. The minimum atomic E-state index is -0.686. The number of nitrogens with two attached hydrogens (primary N) is 1. The Morgan fingerprint density at radius 1 is 1.38 bits per heavy atom. The van der Waals surface area contributed by atoms with Gasteiger partial charge >= 0.3 is 0 Å². The first kappa shape index (κ1) is 11.1. The average Bonchev–Trinajstić information content (AvgIpc) is 2.31. The maximum atomic E-state index is 12.0. The van der Waals surface area contributed by atoms with Crippen molar-refractivity contribution < 1.29 is 4.79 Å². The normalized spacial score (nSPS) is 19.1. The van der Waals surface area contributed by atoms with Gasteiger partial charge in [0, 0.05) is 6.20 Å². The Hall–Kier alpha value is -1.42.